The number of ether oxygens (including phenoxy) is 2. The highest BCUT2D eigenvalue weighted by molar-refractivity contribution is 14.1. The van der Waals surface area contributed by atoms with Crippen LogP contribution >= 0.6 is 22.6 Å². The number of methoxy groups -OCH3 is 1. The lowest BCUT2D eigenvalue weighted by atomic mass is 9.90. The zero-order valence-corrected chi connectivity index (χ0v) is 17.1. The van der Waals surface area contributed by atoms with Crippen LogP contribution in [0.5, 0.6) is 11.5 Å². The Kier molecular flexibility index (Phi) is 5.55. The monoisotopic (exact) mass is 456 g/mol. The van der Waals surface area contributed by atoms with E-state index in [1.807, 2.05) is 19.1 Å². The van der Waals surface area contributed by atoms with Gasteiger partial charge in [-0.25, -0.2) is 5.43 Å². The Morgan fingerprint density at radius 1 is 1.48 bits per heavy atom. The average Bonchev–Trinajstić information content (AvgIpc) is 3.20. The number of amides is 1. The number of nitrogens with one attached hydrogen (secondary N) is 1. The van der Waals surface area contributed by atoms with E-state index in [1.54, 1.807) is 13.3 Å². The summed E-state index contributed by atoms with van der Waals surface area (Å²) in [6, 6.07) is 3.83. The topological polar surface area (TPSA) is 59.9 Å². The minimum absolute atomic E-state index is 0.0545. The fourth-order valence-corrected chi connectivity index (χ4v) is 5.06. The molecular weight excluding hydrogens is 431 g/mol. The summed E-state index contributed by atoms with van der Waals surface area (Å²) >= 11 is 2.21. The first kappa shape index (κ1) is 18.5. The van der Waals surface area contributed by atoms with Gasteiger partial charge < -0.3 is 9.47 Å². The van der Waals surface area contributed by atoms with Crippen LogP contribution in [0.1, 0.15) is 45.1 Å². The van der Waals surface area contributed by atoms with Crippen molar-refractivity contribution in [3.05, 3.63) is 21.3 Å². The van der Waals surface area contributed by atoms with Gasteiger partial charge in [-0.05, 0) is 71.4 Å². The molecule has 6 heteroatoms. The van der Waals surface area contributed by atoms with Crippen molar-refractivity contribution in [1.29, 1.82) is 0 Å². The Morgan fingerprint density at radius 2 is 2.28 bits per heavy atom. The molecule has 0 unspecified atom stereocenters. The van der Waals surface area contributed by atoms with Crippen molar-refractivity contribution in [2.75, 3.05) is 13.7 Å². The van der Waals surface area contributed by atoms with Crippen molar-refractivity contribution >= 4 is 34.7 Å². The second kappa shape index (κ2) is 7.51. The Balaban J connectivity index is 1.65. The van der Waals surface area contributed by atoms with Gasteiger partial charge in [-0.15, -0.1) is 0 Å². The van der Waals surface area contributed by atoms with Gasteiger partial charge in [0, 0.05) is 5.92 Å². The predicted molar refractivity (Wildman–Crippen MR) is 106 cm³/mol. The van der Waals surface area contributed by atoms with Crippen molar-refractivity contribution in [2.45, 2.75) is 39.5 Å². The van der Waals surface area contributed by atoms with Gasteiger partial charge in [-0.1, -0.05) is 19.8 Å². The third kappa shape index (κ3) is 3.64. The number of fused-ring (bicyclic) bond motifs is 1. The van der Waals surface area contributed by atoms with Crippen LogP contribution in [0, 0.1) is 20.8 Å². The lowest BCUT2D eigenvalue weighted by molar-refractivity contribution is -0.123. The molecule has 0 radical (unpaired) electrons. The molecule has 5 nitrogen and oxygen atoms in total. The number of hydrazone groups is 1. The maximum atomic E-state index is 12.4. The highest BCUT2D eigenvalue weighted by Crippen LogP contribution is 2.66. The molecule has 0 saturated heterocycles. The molecule has 3 atom stereocenters. The second-order valence-electron chi connectivity index (χ2n) is 7.04. The van der Waals surface area contributed by atoms with Crippen molar-refractivity contribution in [2.24, 2.45) is 22.4 Å². The van der Waals surface area contributed by atoms with Gasteiger partial charge >= 0.3 is 0 Å². The van der Waals surface area contributed by atoms with Gasteiger partial charge in [-0.3, -0.25) is 4.79 Å². The predicted octanol–water partition coefficient (Wildman–Crippen LogP) is 3.97. The van der Waals surface area contributed by atoms with E-state index in [9.17, 15) is 4.79 Å². The molecule has 2 aliphatic rings. The number of hydrogen-bond donors (Lipinski definition) is 1. The Hall–Kier alpha value is -1.31. The van der Waals surface area contributed by atoms with Gasteiger partial charge in [0.05, 0.1) is 23.5 Å². The number of benzene rings is 1. The summed E-state index contributed by atoms with van der Waals surface area (Å²) in [6.45, 7) is 4.74. The molecule has 1 aromatic carbocycles. The second-order valence-corrected chi connectivity index (χ2v) is 8.20. The van der Waals surface area contributed by atoms with E-state index in [-0.39, 0.29) is 17.2 Å². The van der Waals surface area contributed by atoms with E-state index in [0.717, 1.165) is 21.3 Å². The summed E-state index contributed by atoms with van der Waals surface area (Å²) in [5, 5.41) is 4.17. The van der Waals surface area contributed by atoms with E-state index in [2.05, 4.69) is 40.0 Å². The van der Waals surface area contributed by atoms with Gasteiger partial charge in [0.15, 0.2) is 11.5 Å². The number of halogens is 1. The summed E-state index contributed by atoms with van der Waals surface area (Å²) < 4.78 is 12.0. The standard InChI is InChI=1S/C19H25IN2O3/c1-4-25-15-10-12(9-14(20)17(15)24-3)11-21-22-18(23)16-13-7-5-6-8-19(13,16)2/h9-11,13,16H,4-8H2,1-3H3,(H,22,23)/b21-11-/t13-,16-,19-/m0/s1. The number of rotatable bonds is 6. The molecular formula is C19H25IN2O3. The van der Waals surface area contributed by atoms with Crippen molar-refractivity contribution in [3.63, 3.8) is 0 Å². The van der Waals surface area contributed by atoms with Crippen LogP contribution in [-0.4, -0.2) is 25.8 Å². The van der Waals surface area contributed by atoms with Crippen molar-refractivity contribution in [1.82, 2.24) is 5.43 Å². The molecule has 3 rings (SSSR count). The summed E-state index contributed by atoms with van der Waals surface area (Å²) in [5.74, 6) is 2.13. The van der Waals surface area contributed by atoms with Crippen LogP contribution in [0.25, 0.3) is 0 Å². The summed E-state index contributed by atoms with van der Waals surface area (Å²) in [6.07, 6.45) is 6.49. The van der Waals surface area contributed by atoms with Gasteiger partial charge in [0.25, 0.3) is 0 Å². The maximum Gasteiger partial charge on any atom is 0.244 e. The van der Waals surface area contributed by atoms with Crippen LogP contribution in [-0.2, 0) is 4.79 Å². The number of hydrogen-bond acceptors (Lipinski definition) is 4. The van der Waals surface area contributed by atoms with E-state index in [1.165, 1.54) is 19.3 Å². The molecule has 0 heterocycles. The smallest absolute Gasteiger partial charge is 0.244 e. The molecule has 0 bridgehead atoms. The fourth-order valence-electron chi connectivity index (χ4n) is 4.21. The minimum atomic E-state index is 0.0545. The van der Waals surface area contributed by atoms with Crippen LogP contribution in [0.3, 0.4) is 0 Å². The number of nitrogens with zero attached hydrogens (tertiary/aromatic N) is 1. The molecule has 25 heavy (non-hydrogen) atoms. The van der Waals surface area contributed by atoms with Gasteiger partial charge in [-0.2, -0.15) is 5.10 Å². The normalized spacial score (nSPS) is 27.7. The van der Waals surface area contributed by atoms with Crippen LogP contribution < -0.4 is 14.9 Å². The van der Waals surface area contributed by atoms with Crippen LogP contribution in [0.4, 0.5) is 0 Å². The molecule has 2 saturated carbocycles. The van der Waals surface area contributed by atoms with Crippen molar-refractivity contribution in [3.8, 4) is 11.5 Å². The minimum Gasteiger partial charge on any atom is -0.492 e. The highest BCUT2D eigenvalue weighted by Gasteiger charge is 2.64. The molecule has 2 aliphatic carbocycles. The van der Waals surface area contributed by atoms with E-state index < -0.39 is 0 Å². The lowest BCUT2D eigenvalue weighted by Crippen LogP contribution is -2.22. The quantitative estimate of drug-likeness (QED) is 0.401. The van der Waals surface area contributed by atoms with Crippen LogP contribution in [0.2, 0.25) is 0 Å². The van der Waals surface area contributed by atoms with Crippen molar-refractivity contribution < 1.29 is 14.3 Å². The Morgan fingerprint density at radius 3 is 2.92 bits per heavy atom. The summed E-state index contributed by atoms with van der Waals surface area (Å²) in [4.78, 5) is 12.4. The molecule has 2 fully saturated rings. The third-order valence-corrected chi connectivity index (χ3v) is 6.34. The number of carbonyl (C=O) groups is 1. The zero-order valence-electron chi connectivity index (χ0n) is 15.0. The molecule has 1 amide bonds. The molecule has 0 spiro atoms. The first-order valence-electron chi connectivity index (χ1n) is 8.84. The van der Waals surface area contributed by atoms with Crippen LogP contribution in [0.15, 0.2) is 17.2 Å². The highest BCUT2D eigenvalue weighted by atomic mass is 127. The lowest BCUT2D eigenvalue weighted by Gasteiger charge is -2.15. The first-order valence-corrected chi connectivity index (χ1v) is 9.92. The maximum absolute atomic E-state index is 12.4. The Bertz CT molecular complexity index is 691. The zero-order chi connectivity index (χ0) is 18.0. The van der Waals surface area contributed by atoms with Gasteiger partial charge in [0.1, 0.15) is 0 Å². The summed E-state index contributed by atoms with van der Waals surface area (Å²) in [7, 11) is 1.63. The molecule has 1 N–H and O–H groups in total. The SMILES string of the molecule is CCOc1cc(/C=N\NC(=O)[C@@H]2[C@@H]3CCCC[C@]23C)cc(I)c1OC. The molecule has 0 aliphatic heterocycles. The largest absolute Gasteiger partial charge is 0.492 e. The van der Waals surface area contributed by atoms with Gasteiger partial charge in [0.2, 0.25) is 5.91 Å². The Labute approximate surface area is 162 Å². The first-order chi connectivity index (χ1) is 12.0. The number of carbonyl (C=O) groups excluding carboxylic acids is 1. The van der Waals surface area contributed by atoms with E-state index in [0.29, 0.717) is 18.3 Å². The molecule has 0 aromatic heterocycles. The fraction of sp³-hybridized carbons (Fsp3) is 0.579. The average molecular weight is 456 g/mol. The molecule has 136 valence electrons. The third-order valence-electron chi connectivity index (χ3n) is 5.54. The summed E-state index contributed by atoms with van der Waals surface area (Å²) in [5.41, 5.74) is 3.80. The van der Waals surface area contributed by atoms with E-state index in [4.69, 9.17) is 9.47 Å². The van der Waals surface area contributed by atoms with E-state index >= 15 is 0 Å². The molecule has 1 aromatic rings.